The summed E-state index contributed by atoms with van der Waals surface area (Å²) in [5, 5.41) is 4.35. The number of para-hydroxylation sites is 1. The van der Waals surface area contributed by atoms with E-state index in [-0.39, 0.29) is 0 Å². The van der Waals surface area contributed by atoms with Crippen molar-refractivity contribution < 1.29 is 0 Å². The molecule has 24 heavy (non-hydrogen) atoms. The highest BCUT2D eigenvalue weighted by Crippen LogP contribution is 2.24. The second kappa shape index (κ2) is 6.42. The molecule has 0 amide bonds. The molecule has 4 rings (SSSR count). The highest BCUT2D eigenvalue weighted by Gasteiger charge is 2.09. The van der Waals surface area contributed by atoms with E-state index in [0.717, 1.165) is 28.1 Å². The van der Waals surface area contributed by atoms with Crippen molar-refractivity contribution in [3.8, 4) is 11.5 Å². The van der Waals surface area contributed by atoms with Gasteiger partial charge in [0.2, 0.25) is 0 Å². The minimum atomic E-state index is 0.601. The Hall–Kier alpha value is -3.34. The summed E-state index contributed by atoms with van der Waals surface area (Å²) in [6.07, 6.45) is 3.53. The summed E-state index contributed by atoms with van der Waals surface area (Å²) in [5.74, 6) is 1.39. The molecule has 3 heterocycles. The van der Waals surface area contributed by atoms with Crippen molar-refractivity contribution in [1.82, 2.24) is 19.9 Å². The number of nitrogens with one attached hydrogen (secondary N) is 1. The van der Waals surface area contributed by atoms with E-state index in [1.165, 1.54) is 0 Å². The molecule has 116 valence electrons. The lowest BCUT2D eigenvalue weighted by molar-refractivity contribution is 1.03. The number of hydrogen-bond acceptors (Lipinski definition) is 5. The average Bonchev–Trinajstić information content (AvgIpc) is 2.67. The molecule has 0 unspecified atom stereocenters. The van der Waals surface area contributed by atoms with Crippen LogP contribution in [0.5, 0.6) is 0 Å². The highest BCUT2D eigenvalue weighted by atomic mass is 15.0. The SMILES string of the molecule is c1ccc(CNc2nc(-c3ccccn3)nc3ccccc23)nc1. The molecule has 3 aromatic heterocycles. The quantitative estimate of drug-likeness (QED) is 0.622. The van der Waals surface area contributed by atoms with Gasteiger partial charge in [0.1, 0.15) is 11.5 Å². The zero-order valence-electron chi connectivity index (χ0n) is 12.9. The lowest BCUT2D eigenvalue weighted by atomic mass is 10.2. The van der Waals surface area contributed by atoms with Crippen molar-refractivity contribution >= 4 is 16.7 Å². The van der Waals surface area contributed by atoms with Crippen LogP contribution in [0.1, 0.15) is 5.69 Å². The third-order valence-corrected chi connectivity index (χ3v) is 3.66. The van der Waals surface area contributed by atoms with Crippen LogP contribution in [0.4, 0.5) is 5.82 Å². The first-order valence-corrected chi connectivity index (χ1v) is 7.72. The van der Waals surface area contributed by atoms with Crippen molar-refractivity contribution in [3.63, 3.8) is 0 Å². The van der Waals surface area contributed by atoms with Gasteiger partial charge in [-0.1, -0.05) is 24.3 Å². The van der Waals surface area contributed by atoms with E-state index in [0.29, 0.717) is 12.4 Å². The average molecular weight is 313 g/mol. The minimum Gasteiger partial charge on any atom is -0.364 e. The summed E-state index contributed by atoms with van der Waals surface area (Å²) in [6, 6.07) is 19.5. The van der Waals surface area contributed by atoms with Crippen molar-refractivity contribution in [3.05, 3.63) is 78.8 Å². The zero-order chi connectivity index (χ0) is 16.2. The fraction of sp³-hybridized carbons (Fsp3) is 0.0526. The molecule has 0 aliphatic carbocycles. The second-order valence-electron chi connectivity index (χ2n) is 5.30. The summed E-state index contributed by atoms with van der Waals surface area (Å²) in [5.41, 5.74) is 2.60. The van der Waals surface area contributed by atoms with Crippen molar-refractivity contribution in [2.24, 2.45) is 0 Å². The lowest BCUT2D eigenvalue weighted by Gasteiger charge is -2.10. The molecule has 0 atom stereocenters. The monoisotopic (exact) mass is 313 g/mol. The predicted molar refractivity (Wildman–Crippen MR) is 94.3 cm³/mol. The molecule has 1 N–H and O–H groups in total. The van der Waals surface area contributed by atoms with Gasteiger partial charge in [0.25, 0.3) is 0 Å². The number of hydrogen-bond donors (Lipinski definition) is 1. The summed E-state index contributed by atoms with van der Waals surface area (Å²) >= 11 is 0. The molecule has 5 nitrogen and oxygen atoms in total. The molecule has 0 aliphatic heterocycles. The molecule has 0 saturated heterocycles. The van der Waals surface area contributed by atoms with Crippen LogP contribution in [0.2, 0.25) is 0 Å². The Labute approximate surface area is 139 Å². The van der Waals surface area contributed by atoms with E-state index in [4.69, 9.17) is 0 Å². The maximum absolute atomic E-state index is 4.67. The molecule has 0 radical (unpaired) electrons. The van der Waals surface area contributed by atoms with Gasteiger partial charge in [-0.25, -0.2) is 9.97 Å². The Kier molecular flexibility index (Phi) is 3.81. The summed E-state index contributed by atoms with van der Waals surface area (Å²) in [4.78, 5) is 18.0. The van der Waals surface area contributed by atoms with Crippen LogP contribution in [-0.4, -0.2) is 19.9 Å². The third kappa shape index (κ3) is 2.92. The molecule has 5 heteroatoms. The molecule has 4 aromatic rings. The number of aromatic nitrogens is 4. The molecular weight excluding hydrogens is 298 g/mol. The van der Waals surface area contributed by atoms with Crippen LogP contribution in [0.3, 0.4) is 0 Å². The summed E-state index contributed by atoms with van der Waals surface area (Å²) in [7, 11) is 0. The Morgan fingerprint density at radius 3 is 2.33 bits per heavy atom. The van der Waals surface area contributed by atoms with Crippen LogP contribution < -0.4 is 5.32 Å². The van der Waals surface area contributed by atoms with E-state index >= 15 is 0 Å². The maximum atomic E-state index is 4.67. The fourth-order valence-corrected chi connectivity index (χ4v) is 2.50. The first-order valence-electron chi connectivity index (χ1n) is 7.72. The number of anilines is 1. The van der Waals surface area contributed by atoms with Gasteiger partial charge in [-0.15, -0.1) is 0 Å². The number of benzene rings is 1. The molecule has 1 aromatic carbocycles. The van der Waals surface area contributed by atoms with Crippen LogP contribution in [0.25, 0.3) is 22.4 Å². The standard InChI is InChI=1S/C19H15N5/c1-2-9-16-15(8-1)18(22-13-14-7-3-5-11-20-14)24-19(23-16)17-10-4-6-12-21-17/h1-12H,13H2,(H,22,23,24). The summed E-state index contributed by atoms with van der Waals surface area (Å²) < 4.78 is 0. The zero-order valence-corrected chi connectivity index (χ0v) is 12.9. The Bertz CT molecular complexity index is 955. The van der Waals surface area contributed by atoms with Crippen LogP contribution in [0, 0.1) is 0 Å². The van der Waals surface area contributed by atoms with E-state index in [1.807, 2.05) is 60.7 Å². The Morgan fingerprint density at radius 2 is 1.54 bits per heavy atom. The van der Waals surface area contributed by atoms with Gasteiger partial charge in [-0.05, 0) is 36.4 Å². The highest BCUT2D eigenvalue weighted by molar-refractivity contribution is 5.90. The molecular formula is C19H15N5. The van der Waals surface area contributed by atoms with Gasteiger partial charge >= 0.3 is 0 Å². The van der Waals surface area contributed by atoms with E-state index in [1.54, 1.807) is 12.4 Å². The molecule has 0 spiro atoms. The number of rotatable bonds is 4. The normalized spacial score (nSPS) is 10.7. The summed E-state index contributed by atoms with van der Waals surface area (Å²) in [6.45, 7) is 0.601. The second-order valence-corrected chi connectivity index (χ2v) is 5.30. The number of nitrogens with zero attached hydrogens (tertiary/aromatic N) is 4. The fourth-order valence-electron chi connectivity index (χ4n) is 2.50. The molecule has 0 fully saturated rings. The third-order valence-electron chi connectivity index (χ3n) is 3.66. The van der Waals surface area contributed by atoms with Crippen LogP contribution >= 0.6 is 0 Å². The van der Waals surface area contributed by atoms with Gasteiger partial charge in [-0.3, -0.25) is 9.97 Å². The largest absolute Gasteiger partial charge is 0.364 e. The lowest BCUT2D eigenvalue weighted by Crippen LogP contribution is -2.05. The van der Waals surface area contributed by atoms with Gasteiger partial charge in [0, 0.05) is 17.8 Å². The van der Waals surface area contributed by atoms with E-state index < -0.39 is 0 Å². The van der Waals surface area contributed by atoms with E-state index in [2.05, 4.69) is 25.3 Å². The van der Waals surface area contributed by atoms with Gasteiger partial charge in [0.05, 0.1) is 17.8 Å². The van der Waals surface area contributed by atoms with Crippen molar-refractivity contribution in [2.75, 3.05) is 5.32 Å². The Morgan fingerprint density at radius 1 is 0.750 bits per heavy atom. The number of fused-ring (bicyclic) bond motifs is 1. The van der Waals surface area contributed by atoms with Gasteiger partial charge in [0.15, 0.2) is 5.82 Å². The topological polar surface area (TPSA) is 63.6 Å². The first-order chi connectivity index (χ1) is 11.9. The van der Waals surface area contributed by atoms with Crippen LogP contribution in [0.15, 0.2) is 73.1 Å². The van der Waals surface area contributed by atoms with Crippen molar-refractivity contribution in [1.29, 1.82) is 0 Å². The predicted octanol–water partition coefficient (Wildman–Crippen LogP) is 3.70. The van der Waals surface area contributed by atoms with Gasteiger partial charge in [-0.2, -0.15) is 0 Å². The number of pyridine rings is 2. The maximum Gasteiger partial charge on any atom is 0.180 e. The van der Waals surface area contributed by atoms with Crippen LogP contribution in [-0.2, 0) is 6.54 Å². The van der Waals surface area contributed by atoms with Crippen molar-refractivity contribution in [2.45, 2.75) is 6.54 Å². The minimum absolute atomic E-state index is 0.601. The first kappa shape index (κ1) is 14.3. The van der Waals surface area contributed by atoms with E-state index in [9.17, 15) is 0 Å². The molecule has 0 saturated carbocycles. The van der Waals surface area contributed by atoms with Gasteiger partial charge < -0.3 is 5.32 Å². The molecule has 0 bridgehead atoms. The molecule has 0 aliphatic rings. The smallest absolute Gasteiger partial charge is 0.180 e. The Balaban J connectivity index is 1.75.